The Balaban J connectivity index is 0. The number of nitrogens with zero attached hydrogens (tertiary/aromatic N) is 1. The van der Waals surface area contributed by atoms with Crippen molar-refractivity contribution in [3.05, 3.63) is 0 Å². The molecule has 0 saturated carbocycles. The van der Waals surface area contributed by atoms with Gasteiger partial charge in [0.25, 0.3) is 0 Å². The molecular weight excluding hydrogens is 213 g/mol. The average molecular weight is 230 g/mol. The zero-order valence-electron chi connectivity index (χ0n) is 7.87. The van der Waals surface area contributed by atoms with Gasteiger partial charge in [-0.2, -0.15) is 0 Å². The summed E-state index contributed by atoms with van der Waals surface area (Å²) in [5.74, 6) is 0. The first-order valence-electron chi connectivity index (χ1n) is 3.77. The van der Waals surface area contributed by atoms with Crippen LogP contribution in [-0.2, 0) is 4.84 Å². The highest BCUT2D eigenvalue weighted by atomic mass is 35.5. The Morgan fingerprint density at radius 2 is 2.15 bits per heavy atom. The summed E-state index contributed by atoms with van der Waals surface area (Å²) in [6, 6.07) is 0. The van der Waals surface area contributed by atoms with Crippen LogP contribution in [0.25, 0.3) is 0 Å². The van der Waals surface area contributed by atoms with Crippen molar-refractivity contribution in [2.75, 3.05) is 20.2 Å². The fourth-order valence-corrected chi connectivity index (χ4v) is 1.15. The normalized spacial score (nSPS) is 30.2. The van der Waals surface area contributed by atoms with Crippen LogP contribution in [-0.4, -0.2) is 31.4 Å². The summed E-state index contributed by atoms with van der Waals surface area (Å²) >= 11 is 0. The van der Waals surface area contributed by atoms with E-state index in [1.165, 1.54) is 7.11 Å². The number of oxime groups is 1. The Bertz CT molecular complexity index is 173. The number of nitrogens with two attached hydrogens (primary N) is 1. The monoisotopic (exact) mass is 229 g/mol. The van der Waals surface area contributed by atoms with Gasteiger partial charge in [-0.1, -0.05) is 5.16 Å². The molecule has 13 heavy (non-hydrogen) atoms. The zero-order chi connectivity index (χ0) is 8.32. The first-order valence-corrected chi connectivity index (χ1v) is 3.77. The molecule has 0 aliphatic carbocycles. The molecule has 1 aliphatic heterocycles. The quantitative estimate of drug-likeness (QED) is 0.646. The van der Waals surface area contributed by atoms with Crippen molar-refractivity contribution in [3.63, 3.8) is 0 Å². The molecule has 1 fully saturated rings. The summed E-state index contributed by atoms with van der Waals surface area (Å²) in [7, 11) is 1.54. The summed E-state index contributed by atoms with van der Waals surface area (Å²) < 4.78 is 0. The molecule has 1 atom stereocenters. The van der Waals surface area contributed by atoms with E-state index in [1.54, 1.807) is 0 Å². The van der Waals surface area contributed by atoms with Gasteiger partial charge in [0, 0.05) is 6.54 Å². The van der Waals surface area contributed by atoms with E-state index in [4.69, 9.17) is 5.73 Å². The van der Waals surface area contributed by atoms with Crippen LogP contribution in [0.2, 0.25) is 0 Å². The number of hydrogen-bond acceptors (Lipinski definition) is 4. The average Bonchev–Trinajstić information content (AvgIpc) is 1.94. The maximum atomic E-state index is 5.96. The van der Waals surface area contributed by atoms with E-state index in [2.05, 4.69) is 15.3 Å². The second-order valence-corrected chi connectivity index (χ2v) is 3.06. The van der Waals surface area contributed by atoms with Gasteiger partial charge in [-0.05, 0) is 19.9 Å². The van der Waals surface area contributed by atoms with Crippen molar-refractivity contribution < 1.29 is 4.84 Å². The van der Waals surface area contributed by atoms with E-state index < -0.39 is 0 Å². The molecule has 0 radical (unpaired) electrons. The van der Waals surface area contributed by atoms with Gasteiger partial charge in [0.15, 0.2) is 0 Å². The van der Waals surface area contributed by atoms with Gasteiger partial charge in [-0.25, -0.2) is 0 Å². The van der Waals surface area contributed by atoms with Crippen molar-refractivity contribution in [1.82, 2.24) is 5.32 Å². The molecule has 1 unspecified atom stereocenters. The predicted octanol–water partition coefficient (Wildman–Crippen LogP) is 0.543. The van der Waals surface area contributed by atoms with Gasteiger partial charge in [0.2, 0.25) is 0 Å². The fraction of sp³-hybridized carbons (Fsp3) is 0.857. The third-order valence-corrected chi connectivity index (χ3v) is 1.97. The van der Waals surface area contributed by atoms with Crippen LogP contribution in [0.5, 0.6) is 0 Å². The predicted molar refractivity (Wildman–Crippen MR) is 59.0 cm³/mol. The van der Waals surface area contributed by atoms with Crippen LogP contribution in [0.15, 0.2) is 5.16 Å². The lowest BCUT2D eigenvalue weighted by Gasteiger charge is -2.30. The molecule has 0 bridgehead atoms. The minimum absolute atomic E-state index is 0. The van der Waals surface area contributed by atoms with Gasteiger partial charge in [0.05, 0.1) is 11.3 Å². The van der Waals surface area contributed by atoms with Crippen molar-refractivity contribution in [3.8, 4) is 0 Å². The summed E-state index contributed by atoms with van der Waals surface area (Å²) in [4.78, 5) is 4.68. The van der Waals surface area contributed by atoms with Gasteiger partial charge >= 0.3 is 0 Å². The van der Waals surface area contributed by atoms with E-state index in [-0.39, 0.29) is 30.4 Å². The molecular formula is C7H17Cl2N3O. The molecule has 0 aromatic heterocycles. The molecule has 3 N–H and O–H groups in total. The second-order valence-electron chi connectivity index (χ2n) is 3.06. The maximum absolute atomic E-state index is 5.96. The van der Waals surface area contributed by atoms with Crippen LogP contribution in [0.1, 0.15) is 13.3 Å². The minimum atomic E-state index is -0.290. The smallest absolute Gasteiger partial charge is 0.106 e. The van der Waals surface area contributed by atoms with Gasteiger partial charge in [-0.3, -0.25) is 0 Å². The molecule has 1 heterocycles. The highest BCUT2D eigenvalue weighted by Crippen LogP contribution is 2.11. The van der Waals surface area contributed by atoms with E-state index in [0.717, 1.165) is 25.2 Å². The zero-order valence-corrected chi connectivity index (χ0v) is 9.50. The largest absolute Gasteiger partial charge is 0.399 e. The molecule has 1 aliphatic rings. The number of rotatable bonds is 1. The van der Waals surface area contributed by atoms with Crippen molar-refractivity contribution >= 4 is 30.5 Å². The van der Waals surface area contributed by atoms with E-state index >= 15 is 0 Å². The highest BCUT2D eigenvalue weighted by molar-refractivity contribution is 5.94. The lowest BCUT2D eigenvalue weighted by atomic mass is 9.90. The molecule has 80 valence electrons. The van der Waals surface area contributed by atoms with Crippen LogP contribution >= 0.6 is 24.8 Å². The number of hydrogen-bond donors (Lipinski definition) is 2. The molecule has 1 saturated heterocycles. The molecule has 1 rings (SSSR count). The van der Waals surface area contributed by atoms with Crippen molar-refractivity contribution in [2.45, 2.75) is 18.9 Å². The van der Waals surface area contributed by atoms with Gasteiger partial charge in [-0.15, -0.1) is 24.8 Å². The third kappa shape index (κ3) is 4.13. The molecule has 0 aromatic carbocycles. The highest BCUT2D eigenvalue weighted by Gasteiger charge is 2.29. The Morgan fingerprint density at radius 1 is 1.54 bits per heavy atom. The molecule has 0 spiro atoms. The summed E-state index contributed by atoms with van der Waals surface area (Å²) in [6.07, 6.45) is 0.912. The van der Waals surface area contributed by atoms with E-state index in [9.17, 15) is 0 Å². The van der Waals surface area contributed by atoms with Crippen LogP contribution in [0, 0.1) is 0 Å². The summed E-state index contributed by atoms with van der Waals surface area (Å²) in [5.41, 5.74) is 6.56. The van der Waals surface area contributed by atoms with Crippen LogP contribution in [0.4, 0.5) is 0 Å². The Kier molecular flexibility index (Phi) is 7.64. The Labute approximate surface area is 91.1 Å². The molecule has 6 heteroatoms. The number of halogens is 2. The lowest BCUT2D eigenvalue weighted by molar-refractivity contribution is 0.208. The van der Waals surface area contributed by atoms with E-state index in [1.807, 2.05) is 6.92 Å². The molecule has 4 nitrogen and oxygen atoms in total. The number of nitrogens with one attached hydrogen (secondary N) is 1. The Morgan fingerprint density at radius 3 is 2.62 bits per heavy atom. The minimum Gasteiger partial charge on any atom is -0.399 e. The lowest BCUT2D eigenvalue weighted by Crippen LogP contribution is -2.55. The van der Waals surface area contributed by atoms with Gasteiger partial charge < -0.3 is 15.9 Å². The van der Waals surface area contributed by atoms with Crippen LogP contribution < -0.4 is 11.1 Å². The Hall–Kier alpha value is -0.0300. The fourth-order valence-electron chi connectivity index (χ4n) is 1.15. The second kappa shape index (κ2) is 6.43. The number of piperidine rings is 1. The summed E-state index contributed by atoms with van der Waals surface area (Å²) in [6.45, 7) is 3.67. The summed E-state index contributed by atoms with van der Waals surface area (Å²) in [5, 5.41) is 7.05. The molecule has 0 amide bonds. The third-order valence-electron chi connectivity index (χ3n) is 1.97. The standard InChI is InChI=1S/C7H15N3O.2ClH/c1-7(8)3-4-9-5-6(7)10-11-2;;/h9H,3-5,8H2,1-2H3;2*1H/b10-6+;;. The van der Waals surface area contributed by atoms with Crippen LogP contribution in [0.3, 0.4) is 0 Å². The van der Waals surface area contributed by atoms with Crippen molar-refractivity contribution in [2.24, 2.45) is 10.9 Å². The maximum Gasteiger partial charge on any atom is 0.106 e. The van der Waals surface area contributed by atoms with Gasteiger partial charge in [0.1, 0.15) is 7.11 Å². The van der Waals surface area contributed by atoms with E-state index in [0.29, 0.717) is 0 Å². The topological polar surface area (TPSA) is 59.6 Å². The SMILES string of the molecule is CO/N=C1\CNCCC1(C)N.Cl.Cl. The first kappa shape index (κ1) is 15.4. The van der Waals surface area contributed by atoms with Crippen molar-refractivity contribution in [1.29, 1.82) is 0 Å². The first-order chi connectivity index (χ1) is 5.17. The molecule has 0 aromatic rings.